The minimum atomic E-state index is -0.817. The van der Waals surface area contributed by atoms with E-state index in [0.717, 1.165) is 12.1 Å². The first kappa shape index (κ1) is 21.6. The van der Waals surface area contributed by atoms with Gasteiger partial charge in [0.05, 0.1) is 11.4 Å². The molecule has 1 aliphatic rings. The molecule has 0 radical (unpaired) electrons. The number of rotatable bonds is 4. The van der Waals surface area contributed by atoms with Gasteiger partial charge in [-0.25, -0.2) is 13.9 Å². The first-order valence-corrected chi connectivity index (χ1v) is 10.6. The summed E-state index contributed by atoms with van der Waals surface area (Å²) in [6, 6.07) is 9.64. The van der Waals surface area contributed by atoms with Gasteiger partial charge in [0.1, 0.15) is 17.0 Å². The number of carbonyl (C=O) groups is 1. The van der Waals surface area contributed by atoms with E-state index in [1.807, 2.05) is 0 Å². The number of likely N-dealkylation sites (tertiary alicyclic amines) is 1. The summed E-state index contributed by atoms with van der Waals surface area (Å²) in [5.74, 6) is -1.86. The molecule has 0 bridgehead atoms. The molecule has 0 unspecified atom stereocenters. The molecule has 9 nitrogen and oxygen atoms in total. The maximum Gasteiger partial charge on any atom is 0.290 e. The molecule has 1 atom stereocenters. The third kappa shape index (κ3) is 3.64. The Hall–Kier alpha value is -4.28. The van der Waals surface area contributed by atoms with Gasteiger partial charge in [-0.15, -0.1) is 0 Å². The van der Waals surface area contributed by atoms with Gasteiger partial charge in [-0.1, -0.05) is 6.07 Å². The molecule has 5 rings (SSSR count). The summed E-state index contributed by atoms with van der Waals surface area (Å²) in [6.07, 6.45) is 0.637. The molecule has 0 aliphatic carbocycles. The van der Waals surface area contributed by atoms with Crippen molar-refractivity contribution in [2.24, 2.45) is 0 Å². The predicted molar refractivity (Wildman–Crippen MR) is 120 cm³/mol. The first-order chi connectivity index (χ1) is 16.3. The SMILES string of the molecule is CC(=O)N1CC[C@@H](n2nc(-c3ccc(Oc4c(F)cccc4F)cc3)c3c(N)n[nH]c(=O)c32)C1. The quantitative estimate of drug-likeness (QED) is 0.477. The number of hydrogen-bond acceptors (Lipinski definition) is 6. The monoisotopic (exact) mass is 466 g/mol. The van der Waals surface area contributed by atoms with Crippen molar-refractivity contribution in [1.82, 2.24) is 24.9 Å². The third-order valence-corrected chi connectivity index (χ3v) is 5.88. The average Bonchev–Trinajstić information content (AvgIpc) is 3.45. The number of amides is 1. The van der Waals surface area contributed by atoms with Crippen LogP contribution in [0.25, 0.3) is 22.2 Å². The van der Waals surface area contributed by atoms with Gasteiger partial charge in [0.25, 0.3) is 5.56 Å². The smallest absolute Gasteiger partial charge is 0.290 e. The second kappa shape index (κ2) is 8.25. The second-order valence-corrected chi connectivity index (χ2v) is 8.04. The number of nitrogens with zero attached hydrogens (tertiary/aromatic N) is 4. The van der Waals surface area contributed by atoms with Crippen molar-refractivity contribution in [1.29, 1.82) is 0 Å². The predicted octanol–water partition coefficient (Wildman–Crippen LogP) is 3.23. The van der Waals surface area contributed by atoms with E-state index in [9.17, 15) is 18.4 Å². The van der Waals surface area contributed by atoms with Crippen molar-refractivity contribution in [3.8, 4) is 22.8 Å². The van der Waals surface area contributed by atoms with E-state index >= 15 is 0 Å². The molecule has 174 valence electrons. The number of H-pyrrole nitrogens is 1. The fraction of sp³-hybridized carbons (Fsp3) is 0.217. The molecule has 4 aromatic rings. The Balaban J connectivity index is 1.55. The van der Waals surface area contributed by atoms with Crippen LogP contribution < -0.4 is 16.0 Å². The van der Waals surface area contributed by atoms with Gasteiger partial charge in [0.2, 0.25) is 5.91 Å². The number of nitrogens with two attached hydrogens (primary N) is 1. The number of halogens is 2. The fourth-order valence-corrected chi connectivity index (χ4v) is 4.19. The lowest BCUT2D eigenvalue weighted by Gasteiger charge is -2.14. The summed E-state index contributed by atoms with van der Waals surface area (Å²) in [4.78, 5) is 26.2. The summed E-state index contributed by atoms with van der Waals surface area (Å²) in [5, 5.41) is 11.3. The van der Waals surface area contributed by atoms with E-state index in [2.05, 4.69) is 15.3 Å². The highest BCUT2D eigenvalue weighted by Crippen LogP contribution is 2.35. The number of nitrogen functional groups attached to an aromatic ring is 1. The van der Waals surface area contributed by atoms with Gasteiger partial charge in [0, 0.05) is 25.6 Å². The van der Waals surface area contributed by atoms with E-state index in [4.69, 9.17) is 10.5 Å². The molecule has 11 heteroatoms. The molecule has 1 aliphatic heterocycles. The highest BCUT2D eigenvalue weighted by atomic mass is 19.1. The van der Waals surface area contributed by atoms with Crippen LogP contribution in [0.2, 0.25) is 0 Å². The Morgan fingerprint density at radius 3 is 2.53 bits per heavy atom. The number of carbonyl (C=O) groups excluding carboxylic acids is 1. The standard InChI is InChI=1S/C23H20F2N6O3/c1-12(32)30-10-9-14(11-30)31-20-18(22(26)27-28-23(20)33)19(29-31)13-5-7-15(8-6-13)34-21-16(24)3-2-4-17(21)25/h2-8,14H,9-11H2,1H3,(H2,26,27)(H,28,33)/t14-/m1/s1. The number of nitrogens with one attached hydrogen (secondary N) is 1. The van der Waals surface area contributed by atoms with E-state index in [-0.39, 0.29) is 29.0 Å². The van der Waals surface area contributed by atoms with E-state index in [1.54, 1.807) is 21.7 Å². The molecule has 1 fully saturated rings. The molecule has 3 N–H and O–H groups in total. The van der Waals surface area contributed by atoms with Crippen molar-refractivity contribution in [2.75, 3.05) is 18.8 Å². The number of aromatic amines is 1. The highest BCUT2D eigenvalue weighted by Gasteiger charge is 2.30. The van der Waals surface area contributed by atoms with Crippen molar-refractivity contribution >= 4 is 22.6 Å². The summed E-state index contributed by atoms with van der Waals surface area (Å²) in [5.41, 5.74) is 6.96. The first-order valence-electron chi connectivity index (χ1n) is 10.6. The van der Waals surface area contributed by atoms with Crippen LogP contribution >= 0.6 is 0 Å². The highest BCUT2D eigenvalue weighted by molar-refractivity contribution is 5.99. The topological polar surface area (TPSA) is 119 Å². The largest absolute Gasteiger partial charge is 0.451 e. The van der Waals surface area contributed by atoms with Crippen LogP contribution in [0.15, 0.2) is 47.3 Å². The normalized spacial score (nSPS) is 15.7. The Kier molecular flexibility index (Phi) is 5.23. The van der Waals surface area contributed by atoms with E-state index in [1.165, 1.54) is 25.1 Å². The van der Waals surface area contributed by atoms with Crippen molar-refractivity contribution < 1.29 is 18.3 Å². The summed E-state index contributed by atoms with van der Waals surface area (Å²) >= 11 is 0. The molecule has 3 heterocycles. The minimum Gasteiger partial charge on any atom is -0.451 e. The summed E-state index contributed by atoms with van der Waals surface area (Å²) < 4.78 is 34.8. The molecule has 0 spiro atoms. The zero-order valence-corrected chi connectivity index (χ0v) is 18.1. The molecule has 1 amide bonds. The van der Waals surface area contributed by atoms with Crippen LogP contribution in [-0.4, -0.2) is 43.9 Å². The molecule has 2 aromatic heterocycles. The zero-order chi connectivity index (χ0) is 24.0. The van der Waals surface area contributed by atoms with Crippen LogP contribution in [-0.2, 0) is 4.79 Å². The molecule has 0 saturated carbocycles. The van der Waals surface area contributed by atoms with Crippen molar-refractivity contribution in [3.05, 3.63) is 64.5 Å². The van der Waals surface area contributed by atoms with Gasteiger partial charge in [-0.2, -0.15) is 10.2 Å². The Morgan fingerprint density at radius 2 is 1.88 bits per heavy atom. The second-order valence-electron chi connectivity index (χ2n) is 8.04. The lowest BCUT2D eigenvalue weighted by Crippen LogP contribution is -2.27. The number of aromatic nitrogens is 4. The Morgan fingerprint density at radius 1 is 1.18 bits per heavy atom. The number of hydrogen-bond donors (Lipinski definition) is 2. The lowest BCUT2D eigenvalue weighted by molar-refractivity contribution is -0.127. The maximum absolute atomic E-state index is 13.9. The van der Waals surface area contributed by atoms with E-state index in [0.29, 0.717) is 36.2 Å². The van der Waals surface area contributed by atoms with Gasteiger partial charge in [0.15, 0.2) is 23.2 Å². The number of benzene rings is 2. The van der Waals surface area contributed by atoms with E-state index < -0.39 is 22.9 Å². The van der Waals surface area contributed by atoms with Crippen LogP contribution in [0.1, 0.15) is 19.4 Å². The maximum atomic E-state index is 13.9. The third-order valence-electron chi connectivity index (χ3n) is 5.88. The summed E-state index contributed by atoms with van der Waals surface area (Å²) in [7, 11) is 0. The van der Waals surface area contributed by atoms with Gasteiger partial charge >= 0.3 is 0 Å². The average molecular weight is 466 g/mol. The fourth-order valence-electron chi connectivity index (χ4n) is 4.19. The molecule has 2 aromatic carbocycles. The van der Waals surface area contributed by atoms with Crippen LogP contribution in [0.3, 0.4) is 0 Å². The Bertz CT molecular complexity index is 1440. The zero-order valence-electron chi connectivity index (χ0n) is 18.1. The number of fused-ring (bicyclic) bond motifs is 1. The number of anilines is 1. The lowest BCUT2D eigenvalue weighted by atomic mass is 10.1. The number of ether oxygens (including phenoxy) is 1. The Labute approximate surface area is 191 Å². The number of para-hydroxylation sites is 1. The molecule has 34 heavy (non-hydrogen) atoms. The van der Waals surface area contributed by atoms with Crippen LogP contribution in [0.5, 0.6) is 11.5 Å². The summed E-state index contributed by atoms with van der Waals surface area (Å²) in [6.45, 7) is 2.49. The molecular formula is C23H20F2N6O3. The molecule has 1 saturated heterocycles. The van der Waals surface area contributed by atoms with Crippen molar-refractivity contribution in [3.63, 3.8) is 0 Å². The molecular weight excluding hydrogens is 446 g/mol. The van der Waals surface area contributed by atoms with Crippen LogP contribution in [0, 0.1) is 11.6 Å². The van der Waals surface area contributed by atoms with Gasteiger partial charge < -0.3 is 15.4 Å². The van der Waals surface area contributed by atoms with Crippen LogP contribution in [0.4, 0.5) is 14.6 Å². The van der Waals surface area contributed by atoms with Gasteiger partial charge in [-0.3, -0.25) is 14.3 Å². The van der Waals surface area contributed by atoms with Crippen molar-refractivity contribution in [2.45, 2.75) is 19.4 Å². The van der Waals surface area contributed by atoms with Gasteiger partial charge in [-0.05, 0) is 42.8 Å². The minimum absolute atomic E-state index is 0.0452.